The minimum atomic E-state index is -0.263. The molecule has 2 aromatic carbocycles. The van der Waals surface area contributed by atoms with Crippen molar-refractivity contribution in [3.8, 4) is 5.75 Å². The molecule has 0 saturated heterocycles. The average molecular weight is 296 g/mol. The molecular formula is C18H20N2O2. The highest BCUT2D eigenvalue weighted by atomic mass is 16.5. The molecule has 0 saturated carbocycles. The molecule has 0 aliphatic rings. The lowest BCUT2D eigenvalue weighted by Crippen LogP contribution is -2.28. The fourth-order valence-corrected chi connectivity index (χ4v) is 1.94. The number of rotatable bonds is 7. The van der Waals surface area contributed by atoms with Gasteiger partial charge in [0.25, 0.3) is 0 Å². The van der Waals surface area contributed by atoms with Crippen molar-refractivity contribution in [1.29, 1.82) is 0 Å². The van der Waals surface area contributed by atoms with Gasteiger partial charge in [0.05, 0.1) is 6.61 Å². The molecule has 2 rings (SSSR count). The Morgan fingerprint density at radius 1 is 1.14 bits per heavy atom. The molecule has 2 aromatic rings. The van der Waals surface area contributed by atoms with Gasteiger partial charge in [-0.15, -0.1) is 6.58 Å². The van der Waals surface area contributed by atoms with Gasteiger partial charge in [-0.2, -0.15) is 0 Å². The third kappa shape index (κ3) is 5.32. The summed E-state index contributed by atoms with van der Waals surface area (Å²) in [6.45, 7) is 4.57. The predicted molar refractivity (Wildman–Crippen MR) is 89.3 cm³/mol. The molecular weight excluding hydrogens is 276 g/mol. The smallest absolute Gasteiger partial charge is 0.319 e. The zero-order chi connectivity index (χ0) is 15.6. The summed E-state index contributed by atoms with van der Waals surface area (Å²) in [5.41, 5.74) is 1.93. The van der Waals surface area contributed by atoms with Crippen molar-refractivity contribution in [3.63, 3.8) is 0 Å². The van der Waals surface area contributed by atoms with Crippen LogP contribution in [-0.4, -0.2) is 19.2 Å². The Balaban J connectivity index is 1.83. The van der Waals surface area contributed by atoms with E-state index in [1.165, 1.54) is 5.56 Å². The molecule has 2 amide bonds. The highest BCUT2D eigenvalue weighted by molar-refractivity contribution is 5.89. The van der Waals surface area contributed by atoms with Gasteiger partial charge in [-0.1, -0.05) is 42.5 Å². The fraction of sp³-hybridized carbons (Fsp3) is 0.167. The van der Waals surface area contributed by atoms with Crippen LogP contribution in [0.2, 0.25) is 0 Å². The van der Waals surface area contributed by atoms with E-state index in [-0.39, 0.29) is 6.03 Å². The Bertz CT molecular complexity index is 611. The minimum Gasteiger partial charge on any atom is -0.493 e. The van der Waals surface area contributed by atoms with Gasteiger partial charge in [-0.05, 0) is 17.7 Å². The third-order valence-corrected chi connectivity index (χ3v) is 3.00. The molecule has 0 unspecified atom stereocenters. The quantitative estimate of drug-likeness (QED) is 0.767. The summed E-state index contributed by atoms with van der Waals surface area (Å²) in [7, 11) is 0. The second-order valence-corrected chi connectivity index (χ2v) is 4.74. The van der Waals surface area contributed by atoms with E-state index in [1.54, 1.807) is 12.1 Å². The Morgan fingerprint density at radius 3 is 2.73 bits per heavy atom. The van der Waals surface area contributed by atoms with Gasteiger partial charge in [0.1, 0.15) is 5.75 Å². The van der Waals surface area contributed by atoms with Crippen molar-refractivity contribution in [2.75, 3.05) is 18.5 Å². The van der Waals surface area contributed by atoms with Crippen LogP contribution in [0.4, 0.5) is 10.5 Å². The van der Waals surface area contributed by atoms with Gasteiger partial charge < -0.3 is 15.4 Å². The van der Waals surface area contributed by atoms with Gasteiger partial charge in [0.2, 0.25) is 0 Å². The van der Waals surface area contributed by atoms with E-state index in [2.05, 4.69) is 29.3 Å². The number of carbonyl (C=O) groups excluding carboxylic acids is 1. The molecule has 2 N–H and O–H groups in total. The summed E-state index contributed by atoms with van der Waals surface area (Å²) < 4.78 is 5.73. The van der Waals surface area contributed by atoms with Crippen LogP contribution in [-0.2, 0) is 6.42 Å². The molecule has 0 aromatic heterocycles. The first kappa shape index (κ1) is 15.6. The van der Waals surface area contributed by atoms with E-state index in [0.29, 0.717) is 18.8 Å². The van der Waals surface area contributed by atoms with E-state index in [0.717, 1.165) is 12.2 Å². The monoisotopic (exact) mass is 296 g/mol. The minimum absolute atomic E-state index is 0.263. The number of hydrogen-bond acceptors (Lipinski definition) is 2. The fourth-order valence-electron chi connectivity index (χ4n) is 1.94. The number of ether oxygens (including phenoxy) is 1. The third-order valence-electron chi connectivity index (χ3n) is 3.00. The Morgan fingerprint density at radius 2 is 1.95 bits per heavy atom. The molecule has 114 valence electrons. The van der Waals surface area contributed by atoms with Gasteiger partial charge in [0.15, 0.2) is 0 Å². The summed E-state index contributed by atoms with van der Waals surface area (Å²) in [6.07, 6.45) is 2.47. The van der Waals surface area contributed by atoms with Gasteiger partial charge in [-0.3, -0.25) is 0 Å². The first-order chi connectivity index (χ1) is 10.8. The lowest BCUT2D eigenvalue weighted by molar-refractivity contribution is 0.253. The molecule has 0 fully saturated rings. The van der Waals surface area contributed by atoms with Gasteiger partial charge >= 0.3 is 6.03 Å². The number of anilines is 1. The van der Waals surface area contributed by atoms with Crippen LogP contribution < -0.4 is 15.4 Å². The highest BCUT2D eigenvalue weighted by Gasteiger charge is 2.02. The van der Waals surface area contributed by atoms with E-state index in [1.807, 2.05) is 36.4 Å². The Labute approximate surface area is 130 Å². The summed E-state index contributed by atoms with van der Waals surface area (Å²) in [5, 5.41) is 5.40. The Hall–Kier alpha value is -2.75. The second-order valence-electron chi connectivity index (χ2n) is 4.74. The zero-order valence-electron chi connectivity index (χ0n) is 12.4. The number of benzene rings is 2. The van der Waals surface area contributed by atoms with E-state index < -0.39 is 0 Å². The van der Waals surface area contributed by atoms with Crippen LogP contribution in [0, 0.1) is 0 Å². The largest absolute Gasteiger partial charge is 0.493 e. The van der Waals surface area contributed by atoms with Crippen LogP contribution >= 0.6 is 0 Å². The molecule has 0 aliphatic heterocycles. The Kier molecular flexibility index (Phi) is 6.05. The summed E-state index contributed by atoms with van der Waals surface area (Å²) in [5.74, 6) is 0.734. The first-order valence-corrected chi connectivity index (χ1v) is 7.20. The van der Waals surface area contributed by atoms with Crippen LogP contribution in [0.3, 0.4) is 0 Å². The van der Waals surface area contributed by atoms with E-state index in [4.69, 9.17) is 4.74 Å². The SMILES string of the molecule is C=CCNC(=O)Nc1cccc(OCCc2ccccc2)c1. The summed E-state index contributed by atoms with van der Waals surface area (Å²) in [6, 6.07) is 17.3. The lowest BCUT2D eigenvalue weighted by atomic mass is 10.2. The van der Waals surface area contributed by atoms with E-state index in [9.17, 15) is 4.79 Å². The molecule has 4 heteroatoms. The lowest BCUT2D eigenvalue weighted by Gasteiger charge is -2.09. The molecule has 0 atom stereocenters. The average Bonchev–Trinajstić information content (AvgIpc) is 2.54. The second kappa shape index (κ2) is 8.52. The molecule has 0 bridgehead atoms. The normalized spacial score (nSPS) is 9.82. The number of carbonyl (C=O) groups is 1. The number of urea groups is 1. The number of nitrogens with one attached hydrogen (secondary N) is 2. The van der Waals surface area contributed by atoms with Crippen LogP contribution in [0.5, 0.6) is 5.75 Å². The number of amides is 2. The van der Waals surface area contributed by atoms with Crippen molar-refractivity contribution < 1.29 is 9.53 Å². The maximum absolute atomic E-state index is 11.6. The van der Waals surface area contributed by atoms with Crippen LogP contribution in [0.15, 0.2) is 67.3 Å². The topological polar surface area (TPSA) is 50.4 Å². The maximum atomic E-state index is 11.6. The van der Waals surface area contributed by atoms with Crippen LogP contribution in [0.25, 0.3) is 0 Å². The maximum Gasteiger partial charge on any atom is 0.319 e. The van der Waals surface area contributed by atoms with Crippen LogP contribution in [0.1, 0.15) is 5.56 Å². The molecule has 4 nitrogen and oxygen atoms in total. The standard InChI is InChI=1S/C18H20N2O2/c1-2-12-19-18(21)20-16-9-6-10-17(14-16)22-13-11-15-7-4-3-5-8-15/h2-10,14H,1,11-13H2,(H2,19,20,21). The van der Waals surface area contributed by atoms with Gasteiger partial charge in [-0.25, -0.2) is 4.79 Å². The molecule has 22 heavy (non-hydrogen) atoms. The number of hydrogen-bond donors (Lipinski definition) is 2. The summed E-state index contributed by atoms with van der Waals surface area (Å²) in [4.78, 5) is 11.6. The van der Waals surface area contributed by atoms with E-state index >= 15 is 0 Å². The van der Waals surface area contributed by atoms with Crippen molar-refractivity contribution >= 4 is 11.7 Å². The van der Waals surface area contributed by atoms with Gasteiger partial charge in [0, 0.05) is 24.7 Å². The first-order valence-electron chi connectivity index (χ1n) is 7.20. The molecule has 0 aliphatic carbocycles. The zero-order valence-corrected chi connectivity index (χ0v) is 12.4. The molecule has 0 spiro atoms. The predicted octanol–water partition coefficient (Wildman–Crippen LogP) is 3.62. The van der Waals surface area contributed by atoms with Crippen molar-refractivity contribution in [3.05, 3.63) is 72.8 Å². The van der Waals surface area contributed by atoms with Crippen molar-refractivity contribution in [2.24, 2.45) is 0 Å². The summed E-state index contributed by atoms with van der Waals surface area (Å²) >= 11 is 0. The van der Waals surface area contributed by atoms with Crippen molar-refractivity contribution in [2.45, 2.75) is 6.42 Å². The molecule has 0 radical (unpaired) electrons. The highest BCUT2D eigenvalue weighted by Crippen LogP contribution is 2.17. The van der Waals surface area contributed by atoms with Crippen molar-refractivity contribution in [1.82, 2.24) is 5.32 Å². The molecule has 0 heterocycles.